The largest absolute Gasteiger partial charge is 0.263 e. The van der Waals surface area contributed by atoms with Gasteiger partial charge in [-0.2, -0.15) is 5.10 Å². The number of nitrogens with zero attached hydrogens (tertiary/aromatic N) is 2. The van der Waals surface area contributed by atoms with Gasteiger partial charge in [0.05, 0.1) is 0 Å². The number of aromatic nitrogens is 3. The molecule has 3 heteroatoms. The first-order valence-corrected chi connectivity index (χ1v) is 5.72. The lowest BCUT2D eigenvalue weighted by molar-refractivity contribution is 0.544. The average molecular weight is 195 g/mol. The van der Waals surface area contributed by atoms with Gasteiger partial charge in [-0.15, -0.1) is 0 Å². The molecule has 0 aliphatic carbocycles. The van der Waals surface area contributed by atoms with E-state index >= 15 is 0 Å². The summed E-state index contributed by atoms with van der Waals surface area (Å²) in [6.07, 6.45) is 5.82. The van der Waals surface area contributed by atoms with Crippen molar-refractivity contribution in [1.82, 2.24) is 15.2 Å². The Morgan fingerprint density at radius 2 is 2.07 bits per heavy atom. The summed E-state index contributed by atoms with van der Waals surface area (Å²) >= 11 is 0. The Kier molecular flexibility index (Phi) is 4.63. The summed E-state index contributed by atoms with van der Waals surface area (Å²) in [5.74, 6) is 2.57. The second-order valence-electron chi connectivity index (χ2n) is 3.74. The van der Waals surface area contributed by atoms with Gasteiger partial charge in [-0.1, -0.05) is 33.6 Å². The van der Waals surface area contributed by atoms with E-state index in [1.807, 2.05) is 0 Å². The number of hydrogen-bond acceptors (Lipinski definition) is 2. The van der Waals surface area contributed by atoms with Gasteiger partial charge in [0.15, 0.2) is 5.82 Å². The zero-order valence-corrected chi connectivity index (χ0v) is 9.51. The monoisotopic (exact) mass is 195 g/mol. The van der Waals surface area contributed by atoms with Crippen LogP contribution in [0, 0.1) is 0 Å². The molecule has 0 aliphatic heterocycles. The van der Waals surface area contributed by atoms with Crippen LogP contribution in [0.25, 0.3) is 0 Å². The highest BCUT2D eigenvalue weighted by Crippen LogP contribution is 2.22. The Morgan fingerprint density at radius 3 is 2.57 bits per heavy atom. The maximum Gasteiger partial charge on any atom is 0.153 e. The molecule has 1 atom stereocenters. The Bertz CT molecular complexity index is 255. The molecule has 0 bridgehead atoms. The third-order valence-electron chi connectivity index (χ3n) is 2.65. The quantitative estimate of drug-likeness (QED) is 0.758. The fraction of sp³-hybridized carbons (Fsp3) is 0.818. The van der Waals surface area contributed by atoms with Crippen molar-refractivity contribution in [3.05, 3.63) is 11.6 Å². The Labute approximate surface area is 86.3 Å². The van der Waals surface area contributed by atoms with Gasteiger partial charge in [0.25, 0.3) is 0 Å². The molecule has 0 saturated carbocycles. The van der Waals surface area contributed by atoms with Crippen molar-refractivity contribution in [2.24, 2.45) is 0 Å². The first kappa shape index (κ1) is 11.2. The van der Waals surface area contributed by atoms with Gasteiger partial charge >= 0.3 is 0 Å². The maximum atomic E-state index is 4.49. The predicted octanol–water partition coefficient (Wildman–Crippen LogP) is 3.05. The van der Waals surface area contributed by atoms with Crippen molar-refractivity contribution in [1.29, 1.82) is 0 Å². The number of rotatable bonds is 6. The Balaban J connectivity index is 2.58. The molecule has 80 valence electrons. The molecule has 0 radical (unpaired) electrons. The van der Waals surface area contributed by atoms with Crippen LogP contribution in [-0.4, -0.2) is 15.2 Å². The molecule has 1 rings (SSSR count). The maximum absolute atomic E-state index is 4.49. The highest BCUT2D eigenvalue weighted by molar-refractivity contribution is 4.97. The van der Waals surface area contributed by atoms with Crippen molar-refractivity contribution in [3.8, 4) is 0 Å². The molecule has 0 spiro atoms. The smallest absolute Gasteiger partial charge is 0.153 e. The minimum absolute atomic E-state index is 0.548. The van der Waals surface area contributed by atoms with Gasteiger partial charge in [-0.05, 0) is 12.8 Å². The lowest BCUT2D eigenvalue weighted by Crippen LogP contribution is -2.00. The highest BCUT2D eigenvalue weighted by atomic mass is 15.2. The molecular weight excluding hydrogens is 174 g/mol. The summed E-state index contributed by atoms with van der Waals surface area (Å²) in [6, 6.07) is 0. The first-order valence-electron chi connectivity index (χ1n) is 5.72. The molecule has 0 amide bonds. The first-order chi connectivity index (χ1) is 6.81. The molecule has 1 heterocycles. The molecule has 1 aromatic rings. The molecule has 0 fully saturated rings. The van der Waals surface area contributed by atoms with Crippen molar-refractivity contribution >= 4 is 0 Å². The fourth-order valence-electron chi connectivity index (χ4n) is 1.62. The number of H-pyrrole nitrogens is 1. The SMILES string of the molecule is CCCCC(CC)c1n[nH]c(CC)n1. The van der Waals surface area contributed by atoms with Crippen LogP contribution in [0.2, 0.25) is 0 Å². The van der Waals surface area contributed by atoms with E-state index in [2.05, 4.69) is 36.0 Å². The topological polar surface area (TPSA) is 41.6 Å². The molecule has 3 nitrogen and oxygen atoms in total. The predicted molar refractivity (Wildman–Crippen MR) is 58.3 cm³/mol. The minimum atomic E-state index is 0.548. The molecular formula is C11H21N3. The van der Waals surface area contributed by atoms with Crippen LogP contribution in [0.5, 0.6) is 0 Å². The summed E-state index contributed by atoms with van der Waals surface area (Å²) < 4.78 is 0. The Hall–Kier alpha value is -0.860. The number of hydrogen-bond donors (Lipinski definition) is 1. The summed E-state index contributed by atoms with van der Waals surface area (Å²) in [5.41, 5.74) is 0. The standard InChI is InChI=1S/C11H21N3/c1-4-7-8-9(5-2)11-12-10(6-3)13-14-11/h9H,4-8H2,1-3H3,(H,12,13,14). The lowest BCUT2D eigenvalue weighted by Gasteiger charge is -2.09. The van der Waals surface area contributed by atoms with E-state index in [1.54, 1.807) is 0 Å². The molecule has 14 heavy (non-hydrogen) atoms. The van der Waals surface area contributed by atoms with Gasteiger partial charge in [0.1, 0.15) is 5.82 Å². The van der Waals surface area contributed by atoms with E-state index in [-0.39, 0.29) is 0 Å². The zero-order chi connectivity index (χ0) is 10.4. The summed E-state index contributed by atoms with van der Waals surface area (Å²) in [7, 11) is 0. The van der Waals surface area contributed by atoms with E-state index < -0.39 is 0 Å². The molecule has 0 aliphatic rings. The third-order valence-corrected chi connectivity index (χ3v) is 2.65. The van der Waals surface area contributed by atoms with Crippen LogP contribution >= 0.6 is 0 Å². The second-order valence-corrected chi connectivity index (χ2v) is 3.74. The summed E-state index contributed by atoms with van der Waals surface area (Å²) in [6.45, 7) is 6.53. The van der Waals surface area contributed by atoms with Crippen LogP contribution in [0.4, 0.5) is 0 Å². The van der Waals surface area contributed by atoms with Crippen molar-refractivity contribution in [2.75, 3.05) is 0 Å². The lowest BCUT2D eigenvalue weighted by atomic mass is 9.99. The van der Waals surface area contributed by atoms with E-state index in [9.17, 15) is 0 Å². The number of aromatic amines is 1. The van der Waals surface area contributed by atoms with Crippen molar-refractivity contribution < 1.29 is 0 Å². The van der Waals surface area contributed by atoms with Crippen LogP contribution in [-0.2, 0) is 6.42 Å². The molecule has 0 aromatic carbocycles. The van der Waals surface area contributed by atoms with Gasteiger partial charge in [-0.3, -0.25) is 5.10 Å². The van der Waals surface area contributed by atoms with E-state index in [0.29, 0.717) is 5.92 Å². The minimum Gasteiger partial charge on any atom is -0.263 e. The molecule has 1 aromatic heterocycles. The van der Waals surface area contributed by atoms with Crippen LogP contribution < -0.4 is 0 Å². The number of aryl methyl sites for hydroxylation is 1. The molecule has 1 N–H and O–H groups in total. The second kappa shape index (κ2) is 5.78. The van der Waals surface area contributed by atoms with Crippen LogP contribution in [0.15, 0.2) is 0 Å². The van der Waals surface area contributed by atoms with Gasteiger partial charge in [0, 0.05) is 12.3 Å². The Morgan fingerprint density at radius 1 is 1.29 bits per heavy atom. The van der Waals surface area contributed by atoms with E-state index in [0.717, 1.165) is 24.5 Å². The third kappa shape index (κ3) is 2.82. The summed E-state index contributed by atoms with van der Waals surface area (Å²) in [4.78, 5) is 4.49. The summed E-state index contributed by atoms with van der Waals surface area (Å²) in [5, 5.41) is 7.26. The van der Waals surface area contributed by atoms with Gasteiger partial charge in [-0.25, -0.2) is 4.98 Å². The fourth-order valence-corrected chi connectivity index (χ4v) is 1.62. The molecule has 1 unspecified atom stereocenters. The number of nitrogens with one attached hydrogen (secondary N) is 1. The van der Waals surface area contributed by atoms with E-state index in [4.69, 9.17) is 0 Å². The van der Waals surface area contributed by atoms with Gasteiger partial charge in [0.2, 0.25) is 0 Å². The van der Waals surface area contributed by atoms with Crippen molar-refractivity contribution in [2.45, 2.75) is 58.8 Å². The number of unbranched alkanes of at least 4 members (excludes halogenated alkanes) is 1. The average Bonchev–Trinajstić information content (AvgIpc) is 2.68. The van der Waals surface area contributed by atoms with E-state index in [1.165, 1.54) is 19.3 Å². The zero-order valence-electron chi connectivity index (χ0n) is 9.51. The normalized spacial score (nSPS) is 13.1. The van der Waals surface area contributed by atoms with Crippen LogP contribution in [0.1, 0.15) is 64.0 Å². The highest BCUT2D eigenvalue weighted by Gasteiger charge is 2.13. The van der Waals surface area contributed by atoms with Crippen molar-refractivity contribution in [3.63, 3.8) is 0 Å². The molecule has 0 saturated heterocycles. The van der Waals surface area contributed by atoms with Crippen LogP contribution in [0.3, 0.4) is 0 Å². The van der Waals surface area contributed by atoms with Gasteiger partial charge < -0.3 is 0 Å².